The Labute approximate surface area is 154 Å². The van der Waals surface area contributed by atoms with Gasteiger partial charge in [-0.2, -0.15) is 5.26 Å². The van der Waals surface area contributed by atoms with Crippen molar-refractivity contribution in [3.05, 3.63) is 53.5 Å². The van der Waals surface area contributed by atoms with Crippen LogP contribution in [-0.4, -0.2) is 10.9 Å². The van der Waals surface area contributed by atoms with Crippen LogP contribution in [0.5, 0.6) is 0 Å². The lowest BCUT2D eigenvalue weighted by molar-refractivity contribution is -0.118. The highest BCUT2D eigenvalue weighted by molar-refractivity contribution is 8.00. The van der Waals surface area contributed by atoms with E-state index < -0.39 is 5.25 Å². The molecule has 0 bridgehead atoms. The summed E-state index contributed by atoms with van der Waals surface area (Å²) < 4.78 is 1.07. The largest absolute Gasteiger partial charge is 0.325 e. The number of nitrogens with one attached hydrogen (secondary N) is 1. The van der Waals surface area contributed by atoms with Crippen molar-refractivity contribution in [2.45, 2.75) is 24.0 Å². The lowest BCUT2D eigenvalue weighted by atomic mass is 10.2. The van der Waals surface area contributed by atoms with Gasteiger partial charge in [-0.25, -0.2) is 4.98 Å². The zero-order valence-electron chi connectivity index (χ0n) is 13.9. The van der Waals surface area contributed by atoms with Gasteiger partial charge in [-0.15, -0.1) is 11.3 Å². The number of fused-ring (bicyclic) bond motifs is 1. The van der Waals surface area contributed by atoms with Crippen molar-refractivity contribution in [3.63, 3.8) is 0 Å². The summed E-state index contributed by atoms with van der Waals surface area (Å²) in [6, 6.07) is 17.7. The number of hydrogen-bond acceptors (Lipinski definition) is 5. The predicted molar refractivity (Wildman–Crippen MR) is 104 cm³/mol. The van der Waals surface area contributed by atoms with Crippen LogP contribution < -0.4 is 5.32 Å². The summed E-state index contributed by atoms with van der Waals surface area (Å²) in [5.41, 5.74) is 1.64. The quantitative estimate of drug-likeness (QED) is 0.626. The second-order valence-corrected chi connectivity index (χ2v) is 8.00. The molecule has 126 valence electrons. The smallest absolute Gasteiger partial charge is 0.226 e. The Balaban J connectivity index is 1.87. The number of hydrogen-bond donors (Lipinski definition) is 1. The number of carbonyl (C=O) groups excluding carboxylic acids is 1. The van der Waals surface area contributed by atoms with Crippen molar-refractivity contribution in [3.8, 4) is 6.07 Å². The molecular formula is C19H17N3OS2. The summed E-state index contributed by atoms with van der Waals surface area (Å²) in [4.78, 5) is 17.5. The molecule has 1 aromatic heterocycles. The first kappa shape index (κ1) is 17.5. The number of para-hydroxylation sites is 2. The summed E-state index contributed by atoms with van der Waals surface area (Å²) >= 11 is 2.94. The first-order chi connectivity index (χ1) is 12.1. The van der Waals surface area contributed by atoms with Gasteiger partial charge in [0.25, 0.3) is 0 Å². The Bertz CT molecular complexity index is 910. The monoisotopic (exact) mass is 367 g/mol. The Morgan fingerprint density at radius 2 is 1.92 bits per heavy atom. The van der Waals surface area contributed by atoms with E-state index in [0.717, 1.165) is 25.8 Å². The van der Waals surface area contributed by atoms with Gasteiger partial charge in [0, 0.05) is 10.8 Å². The first-order valence-electron chi connectivity index (χ1n) is 7.90. The zero-order chi connectivity index (χ0) is 17.8. The highest BCUT2D eigenvalue weighted by Gasteiger charge is 2.19. The predicted octanol–water partition coefficient (Wildman–Crippen LogP) is 5.25. The Hall–Kier alpha value is -2.36. The van der Waals surface area contributed by atoms with Gasteiger partial charge < -0.3 is 5.32 Å². The molecule has 1 heterocycles. The molecule has 0 fully saturated rings. The van der Waals surface area contributed by atoms with Crippen LogP contribution in [0, 0.1) is 17.2 Å². The van der Waals surface area contributed by atoms with E-state index in [1.807, 2.05) is 62.4 Å². The van der Waals surface area contributed by atoms with Gasteiger partial charge in [0.15, 0.2) is 0 Å². The number of benzene rings is 2. The Morgan fingerprint density at radius 1 is 1.20 bits per heavy atom. The maximum absolute atomic E-state index is 12.0. The van der Waals surface area contributed by atoms with Crippen molar-refractivity contribution in [1.82, 2.24) is 4.98 Å². The topological polar surface area (TPSA) is 65.8 Å². The number of aromatic nitrogens is 1. The van der Waals surface area contributed by atoms with Crippen molar-refractivity contribution in [2.75, 3.05) is 5.32 Å². The molecule has 3 aromatic rings. The van der Waals surface area contributed by atoms with Crippen LogP contribution in [0.25, 0.3) is 10.2 Å². The molecule has 1 atom stereocenters. The van der Waals surface area contributed by atoms with Crippen LogP contribution >= 0.6 is 23.1 Å². The van der Waals surface area contributed by atoms with Gasteiger partial charge in [-0.3, -0.25) is 4.79 Å². The summed E-state index contributed by atoms with van der Waals surface area (Å²) in [6.45, 7) is 3.70. The maximum Gasteiger partial charge on any atom is 0.226 e. The molecule has 1 amide bonds. The number of nitriles is 1. The van der Waals surface area contributed by atoms with Gasteiger partial charge in [0.2, 0.25) is 5.91 Å². The molecule has 0 aliphatic carbocycles. The fraction of sp³-hybridized carbons (Fsp3) is 0.211. The van der Waals surface area contributed by atoms with Gasteiger partial charge >= 0.3 is 0 Å². The molecule has 0 aliphatic heterocycles. The van der Waals surface area contributed by atoms with Gasteiger partial charge in [-0.1, -0.05) is 49.9 Å². The summed E-state index contributed by atoms with van der Waals surface area (Å²) in [7, 11) is 0. The highest BCUT2D eigenvalue weighted by Crippen LogP contribution is 2.41. The van der Waals surface area contributed by atoms with Gasteiger partial charge in [-0.05, 0) is 24.3 Å². The van der Waals surface area contributed by atoms with Crippen molar-refractivity contribution >= 4 is 44.9 Å². The third-order valence-electron chi connectivity index (χ3n) is 3.57. The van der Waals surface area contributed by atoms with E-state index >= 15 is 0 Å². The fourth-order valence-electron chi connectivity index (χ4n) is 2.21. The third-order valence-corrected chi connectivity index (χ3v) is 5.99. The summed E-state index contributed by atoms with van der Waals surface area (Å²) in [5, 5.41) is 12.9. The number of amides is 1. The minimum atomic E-state index is -0.422. The standard InChI is InChI=1S/C19H17N3OS2/c1-12(2)18(23)21-13-7-3-5-9-15(13)24-17(11-20)19-22-14-8-4-6-10-16(14)25-19/h3-10,12,17H,1-2H3,(H,21,23). The number of thioether (sulfide) groups is 1. The van der Waals surface area contributed by atoms with E-state index in [1.165, 1.54) is 23.1 Å². The van der Waals surface area contributed by atoms with Gasteiger partial charge in [0.05, 0.1) is 22.0 Å². The number of rotatable bonds is 5. The normalized spacial score (nSPS) is 12.1. The number of carbonyl (C=O) groups is 1. The van der Waals surface area contributed by atoms with E-state index in [0.29, 0.717) is 0 Å². The SMILES string of the molecule is CC(C)C(=O)Nc1ccccc1SC(C#N)c1nc2ccccc2s1. The van der Waals surface area contributed by atoms with E-state index in [2.05, 4.69) is 16.4 Å². The molecule has 0 saturated carbocycles. The molecule has 2 aromatic carbocycles. The minimum absolute atomic E-state index is 0.0402. The molecule has 4 nitrogen and oxygen atoms in total. The van der Waals surface area contributed by atoms with E-state index in [4.69, 9.17) is 0 Å². The Kier molecular flexibility index (Phi) is 5.37. The van der Waals surface area contributed by atoms with Crippen molar-refractivity contribution in [2.24, 2.45) is 5.92 Å². The van der Waals surface area contributed by atoms with Gasteiger partial charge in [0.1, 0.15) is 10.3 Å². The highest BCUT2D eigenvalue weighted by atomic mass is 32.2. The molecule has 0 saturated heterocycles. The average Bonchev–Trinajstić information content (AvgIpc) is 3.04. The van der Waals surface area contributed by atoms with Crippen LogP contribution in [0.1, 0.15) is 24.1 Å². The molecule has 0 spiro atoms. The van der Waals surface area contributed by atoms with E-state index in [9.17, 15) is 10.1 Å². The van der Waals surface area contributed by atoms with E-state index in [1.54, 1.807) is 0 Å². The minimum Gasteiger partial charge on any atom is -0.325 e. The molecule has 6 heteroatoms. The average molecular weight is 367 g/mol. The third kappa shape index (κ3) is 4.01. The molecule has 1 unspecified atom stereocenters. The summed E-state index contributed by atoms with van der Waals surface area (Å²) in [6.07, 6.45) is 0. The first-order valence-corrected chi connectivity index (χ1v) is 9.59. The van der Waals surface area contributed by atoms with Crippen LogP contribution in [0.2, 0.25) is 0 Å². The lowest BCUT2D eigenvalue weighted by Gasteiger charge is -2.13. The summed E-state index contributed by atoms with van der Waals surface area (Å²) in [5.74, 6) is -0.143. The van der Waals surface area contributed by atoms with E-state index in [-0.39, 0.29) is 11.8 Å². The molecule has 0 aliphatic rings. The second-order valence-electron chi connectivity index (χ2n) is 5.79. The lowest BCUT2D eigenvalue weighted by Crippen LogP contribution is -2.18. The van der Waals surface area contributed by atoms with Crippen LogP contribution in [-0.2, 0) is 4.79 Å². The molecule has 3 rings (SSSR count). The zero-order valence-corrected chi connectivity index (χ0v) is 15.5. The van der Waals surface area contributed by atoms with Crippen molar-refractivity contribution < 1.29 is 4.79 Å². The van der Waals surface area contributed by atoms with Crippen LogP contribution in [0.3, 0.4) is 0 Å². The van der Waals surface area contributed by atoms with Crippen LogP contribution in [0.15, 0.2) is 53.4 Å². The number of thiazole rings is 1. The molecule has 0 radical (unpaired) electrons. The number of anilines is 1. The maximum atomic E-state index is 12.0. The second kappa shape index (κ2) is 7.68. The molecule has 1 N–H and O–H groups in total. The van der Waals surface area contributed by atoms with Crippen molar-refractivity contribution in [1.29, 1.82) is 5.26 Å². The number of nitrogens with zero attached hydrogens (tertiary/aromatic N) is 2. The molecule has 25 heavy (non-hydrogen) atoms. The van der Waals surface area contributed by atoms with Crippen LogP contribution in [0.4, 0.5) is 5.69 Å². The molecular weight excluding hydrogens is 350 g/mol. The fourth-order valence-corrected chi connectivity index (χ4v) is 4.26. The Morgan fingerprint density at radius 3 is 2.64 bits per heavy atom.